The van der Waals surface area contributed by atoms with Gasteiger partial charge in [0.1, 0.15) is 6.61 Å². The van der Waals surface area contributed by atoms with Gasteiger partial charge < -0.3 is 61.9 Å². The van der Waals surface area contributed by atoms with Gasteiger partial charge in [-0.15, -0.1) is 0 Å². The first-order chi connectivity index (χ1) is 19.8. The molecular formula is C26H52O14. The first-order valence-corrected chi connectivity index (χ1v) is 13.9. The van der Waals surface area contributed by atoms with Crippen molar-refractivity contribution in [2.45, 2.75) is 6.92 Å². The second-order valence-corrected chi connectivity index (χ2v) is 7.77. The maximum absolute atomic E-state index is 10.3. The largest absolute Gasteiger partial charge is 0.480 e. The molecule has 0 aromatic carbocycles. The van der Waals surface area contributed by atoms with E-state index in [0.717, 1.165) is 0 Å². The summed E-state index contributed by atoms with van der Waals surface area (Å²) in [5.41, 5.74) is 0. The summed E-state index contributed by atoms with van der Waals surface area (Å²) in [6.45, 7) is 13.0. The molecule has 14 heteroatoms. The molecule has 0 unspecified atom stereocenters. The van der Waals surface area contributed by atoms with Crippen molar-refractivity contribution in [3.63, 3.8) is 0 Å². The monoisotopic (exact) mass is 588 g/mol. The zero-order valence-electron chi connectivity index (χ0n) is 24.2. The van der Waals surface area contributed by atoms with Crippen LogP contribution in [0.4, 0.5) is 0 Å². The lowest BCUT2D eigenvalue weighted by Gasteiger charge is -2.09. The number of carboxylic acid groups (broad SMARTS) is 1. The molecule has 40 heavy (non-hydrogen) atoms. The molecule has 0 saturated heterocycles. The molecule has 0 amide bonds. The first kappa shape index (κ1) is 39.0. The Morgan fingerprint density at radius 1 is 0.350 bits per heavy atom. The van der Waals surface area contributed by atoms with E-state index in [1.807, 2.05) is 6.92 Å². The van der Waals surface area contributed by atoms with Crippen molar-refractivity contribution in [1.82, 2.24) is 0 Å². The highest BCUT2D eigenvalue weighted by Gasteiger charge is 1.97. The highest BCUT2D eigenvalue weighted by Crippen LogP contribution is 1.87. The molecule has 0 fully saturated rings. The van der Waals surface area contributed by atoms with E-state index in [1.165, 1.54) is 0 Å². The van der Waals surface area contributed by atoms with Crippen LogP contribution >= 0.6 is 0 Å². The van der Waals surface area contributed by atoms with Crippen LogP contribution < -0.4 is 0 Å². The minimum Gasteiger partial charge on any atom is -0.480 e. The predicted octanol–water partition coefficient (Wildman–Crippen LogP) is 0.290. The fourth-order valence-corrected chi connectivity index (χ4v) is 2.62. The number of ether oxygens (including phenoxy) is 12. The molecule has 14 nitrogen and oxygen atoms in total. The Hall–Kier alpha value is -1.01. The second-order valence-electron chi connectivity index (χ2n) is 7.77. The van der Waals surface area contributed by atoms with Gasteiger partial charge in [0, 0.05) is 6.61 Å². The summed E-state index contributed by atoms with van der Waals surface area (Å²) in [5, 5.41) is 8.41. The standard InChI is InChI=1S/C26H52O14/c1-2-29-3-4-30-5-6-31-7-8-32-9-10-33-11-12-34-13-14-35-15-16-36-17-18-37-19-20-38-21-22-39-23-24-40-25-26(27)28/h2-25H2,1H3,(H,27,28). The van der Waals surface area contributed by atoms with Gasteiger partial charge in [-0.25, -0.2) is 4.79 Å². The zero-order chi connectivity index (χ0) is 29.0. The third kappa shape index (κ3) is 37.0. The molecule has 0 bridgehead atoms. The highest BCUT2D eigenvalue weighted by atomic mass is 16.6. The number of rotatable bonds is 36. The van der Waals surface area contributed by atoms with E-state index in [1.54, 1.807) is 0 Å². The van der Waals surface area contributed by atoms with Gasteiger partial charge in [0.25, 0.3) is 0 Å². The SMILES string of the molecule is CCOCCOCCOCCOCCOCCOCCOCCOCCOCCOCCOCCOCC(=O)O. The molecule has 0 heterocycles. The van der Waals surface area contributed by atoms with E-state index in [2.05, 4.69) is 0 Å². The Bertz CT molecular complexity index is 486. The lowest BCUT2D eigenvalue weighted by atomic mass is 10.6. The third-order valence-corrected chi connectivity index (χ3v) is 4.52. The molecule has 0 aromatic rings. The van der Waals surface area contributed by atoms with Crippen molar-refractivity contribution in [3.8, 4) is 0 Å². The summed E-state index contributed by atoms with van der Waals surface area (Å²) in [5.74, 6) is -0.995. The van der Waals surface area contributed by atoms with Crippen LogP contribution in [0.2, 0.25) is 0 Å². The van der Waals surface area contributed by atoms with Crippen molar-refractivity contribution in [3.05, 3.63) is 0 Å². The maximum atomic E-state index is 10.3. The number of aliphatic carboxylic acids is 1. The summed E-state index contributed by atoms with van der Waals surface area (Å²) in [4.78, 5) is 10.3. The van der Waals surface area contributed by atoms with Gasteiger partial charge in [-0.1, -0.05) is 0 Å². The van der Waals surface area contributed by atoms with Crippen LogP contribution in [0.25, 0.3) is 0 Å². The number of carbonyl (C=O) groups is 1. The van der Waals surface area contributed by atoms with Crippen LogP contribution in [-0.2, 0) is 61.6 Å². The third-order valence-electron chi connectivity index (χ3n) is 4.52. The van der Waals surface area contributed by atoms with E-state index in [0.29, 0.717) is 145 Å². The lowest BCUT2D eigenvalue weighted by molar-refractivity contribution is -0.142. The number of carboxylic acids is 1. The molecule has 0 saturated carbocycles. The molecule has 0 radical (unpaired) electrons. The van der Waals surface area contributed by atoms with Gasteiger partial charge >= 0.3 is 5.97 Å². The lowest BCUT2D eigenvalue weighted by Crippen LogP contribution is -2.15. The van der Waals surface area contributed by atoms with Gasteiger partial charge in [0.05, 0.1) is 145 Å². The van der Waals surface area contributed by atoms with Crippen molar-refractivity contribution in [2.24, 2.45) is 0 Å². The molecular weight excluding hydrogens is 536 g/mol. The van der Waals surface area contributed by atoms with E-state index in [4.69, 9.17) is 61.9 Å². The summed E-state index contributed by atoms with van der Waals surface area (Å²) < 4.78 is 64.0. The Morgan fingerprint density at radius 2 is 0.525 bits per heavy atom. The van der Waals surface area contributed by atoms with Crippen LogP contribution in [0, 0.1) is 0 Å². The average molecular weight is 589 g/mol. The summed E-state index contributed by atoms with van der Waals surface area (Å²) in [6, 6.07) is 0. The van der Waals surface area contributed by atoms with E-state index >= 15 is 0 Å². The van der Waals surface area contributed by atoms with Gasteiger partial charge in [0.2, 0.25) is 0 Å². The fraction of sp³-hybridized carbons (Fsp3) is 0.962. The fourth-order valence-electron chi connectivity index (χ4n) is 2.62. The molecule has 240 valence electrons. The molecule has 0 aromatic heterocycles. The Kier molecular flexibility index (Phi) is 35.1. The topological polar surface area (TPSA) is 148 Å². The van der Waals surface area contributed by atoms with Gasteiger partial charge in [0.15, 0.2) is 0 Å². The number of hydrogen-bond acceptors (Lipinski definition) is 13. The quantitative estimate of drug-likeness (QED) is 0.1000. The molecule has 0 spiro atoms. The Balaban J connectivity index is 3.03. The van der Waals surface area contributed by atoms with Crippen molar-refractivity contribution in [2.75, 3.05) is 159 Å². The van der Waals surface area contributed by atoms with Crippen molar-refractivity contribution < 1.29 is 66.7 Å². The normalized spacial score (nSPS) is 11.4. The summed E-state index contributed by atoms with van der Waals surface area (Å²) >= 11 is 0. The first-order valence-electron chi connectivity index (χ1n) is 13.9. The molecule has 1 N–H and O–H groups in total. The smallest absolute Gasteiger partial charge is 0.329 e. The molecule has 0 aliphatic heterocycles. The molecule has 0 aliphatic rings. The average Bonchev–Trinajstić information content (AvgIpc) is 2.95. The van der Waals surface area contributed by atoms with Crippen LogP contribution in [0.3, 0.4) is 0 Å². The molecule has 0 rings (SSSR count). The molecule has 0 atom stereocenters. The van der Waals surface area contributed by atoms with Crippen molar-refractivity contribution >= 4 is 5.97 Å². The predicted molar refractivity (Wildman–Crippen MR) is 143 cm³/mol. The van der Waals surface area contributed by atoms with Crippen LogP contribution in [-0.4, -0.2) is 170 Å². The van der Waals surface area contributed by atoms with Crippen LogP contribution in [0.15, 0.2) is 0 Å². The van der Waals surface area contributed by atoms with Crippen LogP contribution in [0.1, 0.15) is 6.92 Å². The second kappa shape index (κ2) is 36.0. The minimum absolute atomic E-state index is 0.243. The highest BCUT2D eigenvalue weighted by molar-refractivity contribution is 5.67. The van der Waals surface area contributed by atoms with Gasteiger partial charge in [-0.05, 0) is 6.92 Å². The Labute approximate surface area is 238 Å². The minimum atomic E-state index is -0.995. The maximum Gasteiger partial charge on any atom is 0.329 e. The van der Waals surface area contributed by atoms with Crippen LogP contribution in [0.5, 0.6) is 0 Å². The van der Waals surface area contributed by atoms with Gasteiger partial charge in [-0.3, -0.25) is 0 Å². The Morgan fingerprint density at radius 3 is 0.700 bits per heavy atom. The summed E-state index contributed by atoms with van der Waals surface area (Å²) in [6.07, 6.45) is 0. The summed E-state index contributed by atoms with van der Waals surface area (Å²) in [7, 11) is 0. The number of hydrogen-bond donors (Lipinski definition) is 1. The van der Waals surface area contributed by atoms with Crippen molar-refractivity contribution in [1.29, 1.82) is 0 Å². The molecule has 0 aliphatic carbocycles. The van der Waals surface area contributed by atoms with E-state index in [9.17, 15) is 4.79 Å². The van der Waals surface area contributed by atoms with E-state index in [-0.39, 0.29) is 13.2 Å². The van der Waals surface area contributed by atoms with E-state index < -0.39 is 5.97 Å². The zero-order valence-corrected chi connectivity index (χ0v) is 24.2. The van der Waals surface area contributed by atoms with Gasteiger partial charge in [-0.2, -0.15) is 0 Å².